The van der Waals surface area contributed by atoms with Crippen LogP contribution < -0.4 is 5.32 Å². The molecule has 1 aliphatic rings. The van der Waals surface area contributed by atoms with E-state index in [1.54, 1.807) is 12.1 Å². The van der Waals surface area contributed by atoms with Crippen LogP contribution in [0.3, 0.4) is 0 Å². The van der Waals surface area contributed by atoms with E-state index in [4.69, 9.17) is 11.6 Å². The van der Waals surface area contributed by atoms with Crippen LogP contribution in [0.15, 0.2) is 59.7 Å². The molecular formula is C24H25ClFN3. The van der Waals surface area contributed by atoms with E-state index in [1.807, 2.05) is 37.5 Å². The molecule has 0 unspecified atom stereocenters. The van der Waals surface area contributed by atoms with E-state index in [9.17, 15) is 4.39 Å². The monoisotopic (exact) mass is 409 g/mol. The normalized spacial score (nSPS) is 20.0. The number of hydrogen-bond donors (Lipinski definition) is 1. The fraction of sp³-hybridized carbons (Fsp3) is 0.333. The molecule has 3 aromatic rings. The molecule has 1 aliphatic carbocycles. The molecule has 0 bridgehead atoms. The number of aromatic nitrogens is 1. The summed E-state index contributed by atoms with van der Waals surface area (Å²) in [6.07, 6.45) is 7.30. The molecule has 1 aromatic heterocycles. The van der Waals surface area contributed by atoms with E-state index in [0.29, 0.717) is 11.8 Å². The molecule has 0 saturated heterocycles. The van der Waals surface area contributed by atoms with Gasteiger partial charge in [0.25, 0.3) is 0 Å². The molecule has 29 heavy (non-hydrogen) atoms. The summed E-state index contributed by atoms with van der Waals surface area (Å²) in [5.41, 5.74) is 3.11. The number of pyridine rings is 1. The Morgan fingerprint density at radius 2 is 1.86 bits per heavy atom. The number of aliphatic imine (C=N–C) groups is 1. The van der Waals surface area contributed by atoms with E-state index in [0.717, 1.165) is 59.6 Å². The van der Waals surface area contributed by atoms with Crippen LogP contribution in [0.1, 0.15) is 43.6 Å². The second-order valence-electron chi connectivity index (χ2n) is 7.79. The maximum absolute atomic E-state index is 13.8. The minimum Gasteiger partial charge on any atom is -0.344 e. The third kappa shape index (κ3) is 4.76. The summed E-state index contributed by atoms with van der Waals surface area (Å²) in [6, 6.07) is 14.6. The molecule has 0 aliphatic heterocycles. The van der Waals surface area contributed by atoms with Gasteiger partial charge in [-0.1, -0.05) is 11.6 Å². The van der Waals surface area contributed by atoms with Crippen LogP contribution in [0.5, 0.6) is 0 Å². The quantitative estimate of drug-likeness (QED) is 0.378. The minimum absolute atomic E-state index is 0.197. The number of anilines is 1. The third-order valence-corrected chi connectivity index (χ3v) is 6.16. The molecular weight excluding hydrogens is 385 g/mol. The summed E-state index contributed by atoms with van der Waals surface area (Å²) < 4.78 is 13.8. The maximum Gasteiger partial charge on any atom is 0.123 e. The molecule has 1 heterocycles. The molecule has 0 radical (unpaired) electrons. The average molecular weight is 410 g/mol. The zero-order chi connectivity index (χ0) is 20.2. The molecule has 4 rings (SSSR count). The molecule has 3 nitrogen and oxygen atoms in total. The molecule has 0 spiro atoms. The first kappa shape index (κ1) is 19.8. The van der Waals surface area contributed by atoms with Crippen molar-refractivity contribution in [1.82, 2.24) is 4.98 Å². The molecule has 5 heteroatoms. The number of amidine groups is 1. The molecule has 1 N–H and O–H groups in total. The summed E-state index contributed by atoms with van der Waals surface area (Å²) in [5.74, 6) is 1.88. The Kier molecular flexibility index (Phi) is 6.10. The molecule has 150 valence electrons. The van der Waals surface area contributed by atoms with Crippen molar-refractivity contribution in [2.24, 2.45) is 10.9 Å². The SMILES string of the molecule is C/N=C(/C[C@H]1CC[C@@H](c2ccnc3ccc(F)cc32)CC1)Nc1ccc(Cl)cc1. The lowest BCUT2D eigenvalue weighted by molar-refractivity contribution is 0.334. The first-order chi connectivity index (χ1) is 14.1. The van der Waals surface area contributed by atoms with Crippen molar-refractivity contribution in [2.75, 3.05) is 12.4 Å². The predicted octanol–water partition coefficient (Wildman–Crippen LogP) is 6.83. The van der Waals surface area contributed by atoms with Crippen molar-refractivity contribution in [3.63, 3.8) is 0 Å². The first-order valence-electron chi connectivity index (χ1n) is 10.1. The Bertz CT molecular complexity index is 1010. The molecule has 1 fully saturated rings. The second kappa shape index (κ2) is 8.91. The van der Waals surface area contributed by atoms with Gasteiger partial charge >= 0.3 is 0 Å². The number of benzene rings is 2. The van der Waals surface area contributed by atoms with Gasteiger partial charge in [0.15, 0.2) is 0 Å². The van der Waals surface area contributed by atoms with Gasteiger partial charge in [0.2, 0.25) is 0 Å². The maximum atomic E-state index is 13.8. The zero-order valence-corrected chi connectivity index (χ0v) is 17.3. The van der Waals surface area contributed by atoms with E-state index in [2.05, 4.69) is 21.4 Å². The highest BCUT2D eigenvalue weighted by molar-refractivity contribution is 6.30. The van der Waals surface area contributed by atoms with Crippen LogP contribution in [-0.4, -0.2) is 17.9 Å². The summed E-state index contributed by atoms with van der Waals surface area (Å²) in [7, 11) is 1.83. The van der Waals surface area contributed by atoms with Crippen LogP contribution in [0.4, 0.5) is 10.1 Å². The van der Waals surface area contributed by atoms with Crippen LogP contribution in [0.25, 0.3) is 10.9 Å². The molecule has 0 amide bonds. The Balaban J connectivity index is 1.39. The molecule has 2 aromatic carbocycles. The highest BCUT2D eigenvalue weighted by atomic mass is 35.5. The number of rotatable bonds is 4. The van der Waals surface area contributed by atoms with Gasteiger partial charge in [0.1, 0.15) is 11.7 Å². The molecule has 1 saturated carbocycles. The first-order valence-corrected chi connectivity index (χ1v) is 10.5. The van der Waals surface area contributed by atoms with Gasteiger partial charge in [-0.15, -0.1) is 0 Å². The van der Waals surface area contributed by atoms with Crippen molar-refractivity contribution >= 4 is 34.0 Å². The standard InChI is InChI=1S/C24H25ClFN3/c1-27-24(29-20-9-6-18(25)7-10-20)14-16-2-4-17(5-3-16)21-12-13-28-23-11-8-19(26)15-22(21)23/h6-13,15-17H,2-5,14H2,1H3,(H,27,29)/t16-,17+. The van der Waals surface area contributed by atoms with Crippen molar-refractivity contribution in [3.05, 3.63) is 71.1 Å². The van der Waals surface area contributed by atoms with Crippen molar-refractivity contribution < 1.29 is 4.39 Å². The predicted molar refractivity (Wildman–Crippen MR) is 119 cm³/mol. The zero-order valence-electron chi connectivity index (χ0n) is 16.5. The topological polar surface area (TPSA) is 37.3 Å². The lowest BCUT2D eigenvalue weighted by Gasteiger charge is -2.30. The summed E-state index contributed by atoms with van der Waals surface area (Å²) >= 11 is 5.96. The highest BCUT2D eigenvalue weighted by Crippen LogP contribution is 2.39. The smallest absolute Gasteiger partial charge is 0.123 e. The summed E-state index contributed by atoms with van der Waals surface area (Å²) in [6.45, 7) is 0. The Hall–Kier alpha value is -2.46. The van der Waals surface area contributed by atoms with Gasteiger partial charge in [-0.05, 0) is 91.6 Å². The van der Waals surface area contributed by atoms with Gasteiger partial charge in [-0.2, -0.15) is 0 Å². The Morgan fingerprint density at radius 1 is 1.10 bits per heavy atom. The second-order valence-corrected chi connectivity index (χ2v) is 8.22. The fourth-order valence-corrected chi connectivity index (χ4v) is 4.47. The number of halogens is 2. The van der Waals surface area contributed by atoms with Gasteiger partial charge in [-0.25, -0.2) is 4.39 Å². The van der Waals surface area contributed by atoms with Crippen LogP contribution >= 0.6 is 11.6 Å². The number of hydrogen-bond acceptors (Lipinski definition) is 2. The van der Waals surface area contributed by atoms with Gasteiger partial charge in [-0.3, -0.25) is 9.98 Å². The number of nitrogens with one attached hydrogen (secondary N) is 1. The minimum atomic E-state index is -0.197. The van der Waals surface area contributed by atoms with Crippen molar-refractivity contribution in [3.8, 4) is 0 Å². The van der Waals surface area contributed by atoms with Gasteiger partial charge in [0, 0.05) is 35.8 Å². The number of fused-ring (bicyclic) bond motifs is 1. The fourth-order valence-electron chi connectivity index (χ4n) is 4.34. The van der Waals surface area contributed by atoms with Crippen LogP contribution in [0.2, 0.25) is 5.02 Å². The van der Waals surface area contributed by atoms with E-state index < -0.39 is 0 Å². The Morgan fingerprint density at radius 3 is 2.59 bits per heavy atom. The largest absolute Gasteiger partial charge is 0.344 e. The lowest BCUT2D eigenvalue weighted by Crippen LogP contribution is -2.21. The van der Waals surface area contributed by atoms with E-state index >= 15 is 0 Å². The van der Waals surface area contributed by atoms with Crippen molar-refractivity contribution in [2.45, 2.75) is 38.0 Å². The molecule has 0 atom stereocenters. The van der Waals surface area contributed by atoms with Crippen molar-refractivity contribution in [1.29, 1.82) is 0 Å². The lowest BCUT2D eigenvalue weighted by atomic mass is 9.76. The summed E-state index contributed by atoms with van der Waals surface area (Å²) in [4.78, 5) is 8.84. The van der Waals surface area contributed by atoms with E-state index in [1.165, 1.54) is 11.6 Å². The van der Waals surface area contributed by atoms with E-state index in [-0.39, 0.29) is 5.82 Å². The average Bonchev–Trinajstić information content (AvgIpc) is 2.75. The van der Waals surface area contributed by atoms with Crippen LogP contribution in [0, 0.1) is 11.7 Å². The summed E-state index contributed by atoms with van der Waals surface area (Å²) in [5, 5.41) is 5.10. The number of nitrogens with zero attached hydrogens (tertiary/aromatic N) is 2. The third-order valence-electron chi connectivity index (χ3n) is 5.91. The van der Waals surface area contributed by atoms with Crippen LogP contribution in [-0.2, 0) is 0 Å². The van der Waals surface area contributed by atoms with Gasteiger partial charge in [0.05, 0.1) is 5.52 Å². The Labute approximate surface area is 176 Å². The van der Waals surface area contributed by atoms with Gasteiger partial charge < -0.3 is 5.32 Å². The highest BCUT2D eigenvalue weighted by Gasteiger charge is 2.25.